The third-order valence-electron chi connectivity index (χ3n) is 5.33. The SMILES string of the molecule is CN(Cc1nc2ccc(Oc3ccc(-c4ccn[nH]4)cc3)cc2[nH]1)C1CCOC1. The number of H-pyrrole nitrogens is 2. The van der Waals surface area contributed by atoms with Crippen molar-refractivity contribution in [3.63, 3.8) is 0 Å². The van der Waals surface area contributed by atoms with Gasteiger partial charge in [0.15, 0.2) is 0 Å². The Morgan fingerprint density at radius 1 is 1.14 bits per heavy atom. The van der Waals surface area contributed by atoms with Crippen molar-refractivity contribution >= 4 is 11.0 Å². The Kier molecular flexibility index (Phi) is 4.75. The van der Waals surface area contributed by atoms with Crippen LogP contribution in [0.2, 0.25) is 0 Å². The maximum absolute atomic E-state index is 6.03. The minimum absolute atomic E-state index is 0.465. The summed E-state index contributed by atoms with van der Waals surface area (Å²) < 4.78 is 11.5. The van der Waals surface area contributed by atoms with Crippen LogP contribution < -0.4 is 4.74 Å². The smallest absolute Gasteiger partial charge is 0.129 e. The minimum Gasteiger partial charge on any atom is -0.457 e. The standard InChI is InChI=1S/C22H23N5O2/c1-27(16-9-11-28-14-16)13-22-24-20-7-6-18(12-21(20)25-22)29-17-4-2-15(3-5-17)19-8-10-23-26-19/h2-8,10,12,16H,9,11,13-14H2,1H3,(H,23,26)(H,24,25). The molecular weight excluding hydrogens is 366 g/mol. The van der Waals surface area contributed by atoms with Crippen LogP contribution in [0.3, 0.4) is 0 Å². The maximum atomic E-state index is 6.03. The molecule has 4 aromatic rings. The lowest BCUT2D eigenvalue weighted by Gasteiger charge is -2.21. The molecule has 0 amide bonds. The van der Waals surface area contributed by atoms with Gasteiger partial charge in [0, 0.05) is 24.9 Å². The molecule has 0 spiro atoms. The quantitative estimate of drug-likeness (QED) is 0.522. The van der Waals surface area contributed by atoms with Gasteiger partial charge < -0.3 is 14.5 Å². The van der Waals surface area contributed by atoms with E-state index in [1.807, 2.05) is 48.5 Å². The molecule has 2 aromatic carbocycles. The molecule has 1 unspecified atom stereocenters. The van der Waals surface area contributed by atoms with Crippen LogP contribution in [0.25, 0.3) is 22.3 Å². The van der Waals surface area contributed by atoms with Crippen molar-refractivity contribution in [3.05, 3.63) is 60.6 Å². The highest BCUT2D eigenvalue weighted by Gasteiger charge is 2.21. The van der Waals surface area contributed by atoms with Crippen molar-refractivity contribution < 1.29 is 9.47 Å². The molecule has 0 aliphatic carbocycles. The number of aromatic amines is 2. The summed E-state index contributed by atoms with van der Waals surface area (Å²) in [6.07, 6.45) is 2.82. The number of rotatable bonds is 6. The highest BCUT2D eigenvalue weighted by molar-refractivity contribution is 5.77. The summed E-state index contributed by atoms with van der Waals surface area (Å²) in [7, 11) is 2.12. The number of ether oxygens (including phenoxy) is 2. The van der Waals surface area contributed by atoms with Crippen LogP contribution in [0.4, 0.5) is 0 Å². The molecule has 0 radical (unpaired) electrons. The Hall–Kier alpha value is -3.16. The number of imidazole rings is 1. The molecule has 2 aromatic heterocycles. The van der Waals surface area contributed by atoms with Crippen molar-refractivity contribution in [3.8, 4) is 22.8 Å². The molecule has 1 aliphatic rings. The first-order valence-corrected chi connectivity index (χ1v) is 9.79. The lowest BCUT2D eigenvalue weighted by Crippen LogP contribution is -2.31. The van der Waals surface area contributed by atoms with Crippen LogP contribution in [-0.4, -0.2) is 51.4 Å². The van der Waals surface area contributed by atoms with Gasteiger partial charge in [-0.3, -0.25) is 10.00 Å². The maximum Gasteiger partial charge on any atom is 0.129 e. The summed E-state index contributed by atoms with van der Waals surface area (Å²) in [5.41, 5.74) is 3.97. The highest BCUT2D eigenvalue weighted by Crippen LogP contribution is 2.27. The predicted molar refractivity (Wildman–Crippen MR) is 111 cm³/mol. The van der Waals surface area contributed by atoms with Crippen molar-refractivity contribution in [2.24, 2.45) is 0 Å². The van der Waals surface area contributed by atoms with Gasteiger partial charge in [0.25, 0.3) is 0 Å². The Morgan fingerprint density at radius 2 is 2.00 bits per heavy atom. The fourth-order valence-corrected chi connectivity index (χ4v) is 3.67. The Bertz CT molecular complexity index is 1080. The monoisotopic (exact) mass is 389 g/mol. The molecule has 0 bridgehead atoms. The molecule has 1 saturated heterocycles. The van der Waals surface area contributed by atoms with Crippen molar-refractivity contribution in [2.45, 2.75) is 19.0 Å². The molecule has 29 heavy (non-hydrogen) atoms. The largest absolute Gasteiger partial charge is 0.457 e. The van der Waals surface area contributed by atoms with Gasteiger partial charge in [-0.15, -0.1) is 0 Å². The van der Waals surface area contributed by atoms with Gasteiger partial charge in [0.1, 0.15) is 17.3 Å². The van der Waals surface area contributed by atoms with Gasteiger partial charge in [0.05, 0.1) is 29.9 Å². The van der Waals surface area contributed by atoms with Crippen molar-refractivity contribution in [2.75, 3.05) is 20.3 Å². The highest BCUT2D eigenvalue weighted by atomic mass is 16.5. The number of aromatic nitrogens is 4. The average molecular weight is 389 g/mol. The lowest BCUT2D eigenvalue weighted by atomic mass is 10.1. The Labute approximate surface area is 168 Å². The van der Waals surface area contributed by atoms with Crippen LogP contribution >= 0.6 is 0 Å². The zero-order valence-corrected chi connectivity index (χ0v) is 16.3. The average Bonchev–Trinajstić information content (AvgIpc) is 3.49. The van der Waals surface area contributed by atoms with E-state index in [-0.39, 0.29) is 0 Å². The van der Waals surface area contributed by atoms with Crippen molar-refractivity contribution in [1.29, 1.82) is 0 Å². The van der Waals surface area contributed by atoms with E-state index in [4.69, 9.17) is 14.5 Å². The summed E-state index contributed by atoms with van der Waals surface area (Å²) in [6.45, 7) is 2.42. The topological polar surface area (TPSA) is 79.1 Å². The second kappa shape index (κ2) is 7.69. The number of hydrogen-bond acceptors (Lipinski definition) is 5. The fourth-order valence-electron chi connectivity index (χ4n) is 3.67. The van der Waals surface area contributed by atoms with Gasteiger partial charge in [-0.05, 0) is 61.5 Å². The molecule has 148 valence electrons. The van der Waals surface area contributed by atoms with Crippen LogP contribution in [-0.2, 0) is 11.3 Å². The third kappa shape index (κ3) is 3.87. The van der Waals surface area contributed by atoms with Gasteiger partial charge in [-0.2, -0.15) is 5.10 Å². The fraction of sp³-hybridized carbons (Fsp3) is 0.273. The van der Waals surface area contributed by atoms with E-state index in [9.17, 15) is 0 Å². The summed E-state index contributed by atoms with van der Waals surface area (Å²) in [5, 5.41) is 6.95. The molecule has 1 fully saturated rings. The number of likely N-dealkylation sites (N-methyl/N-ethyl adjacent to an activating group) is 1. The van der Waals surface area contributed by atoms with Gasteiger partial charge >= 0.3 is 0 Å². The molecule has 1 atom stereocenters. The minimum atomic E-state index is 0.465. The molecule has 5 rings (SSSR count). The first-order valence-electron chi connectivity index (χ1n) is 9.79. The molecular formula is C22H23N5O2. The molecule has 7 nitrogen and oxygen atoms in total. The molecule has 1 aliphatic heterocycles. The normalized spacial score (nSPS) is 16.7. The van der Waals surface area contributed by atoms with E-state index in [2.05, 4.69) is 27.1 Å². The first kappa shape index (κ1) is 17.9. The van der Waals surface area contributed by atoms with Gasteiger partial charge in [-0.1, -0.05) is 0 Å². The van der Waals surface area contributed by atoms with E-state index in [1.165, 1.54) is 0 Å². The van der Waals surface area contributed by atoms with E-state index >= 15 is 0 Å². The number of fused-ring (bicyclic) bond motifs is 1. The van der Waals surface area contributed by atoms with E-state index in [0.717, 1.165) is 65.8 Å². The second-order valence-corrected chi connectivity index (χ2v) is 7.39. The van der Waals surface area contributed by atoms with Crippen LogP contribution in [0, 0.1) is 0 Å². The Morgan fingerprint density at radius 3 is 2.76 bits per heavy atom. The van der Waals surface area contributed by atoms with Gasteiger partial charge in [0.2, 0.25) is 0 Å². The summed E-state index contributed by atoms with van der Waals surface area (Å²) in [5.74, 6) is 2.52. The van der Waals surface area contributed by atoms with Crippen LogP contribution in [0.5, 0.6) is 11.5 Å². The first-order chi connectivity index (χ1) is 14.2. The van der Waals surface area contributed by atoms with Crippen LogP contribution in [0.1, 0.15) is 12.2 Å². The number of nitrogens with one attached hydrogen (secondary N) is 2. The second-order valence-electron chi connectivity index (χ2n) is 7.39. The molecule has 0 saturated carbocycles. The van der Waals surface area contributed by atoms with Gasteiger partial charge in [-0.25, -0.2) is 4.98 Å². The van der Waals surface area contributed by atoms with E-state index in [1.54, 1.807) is 6.20 Å². The summed E-state index contributed by atoms with van der Waals surface area (Å²) >= 11 is 0. The number of benzene rings is 2. The third-order valence-corrected chi connectivity index (χ3v) is 5.33. The zero-order valence-electron chi connectivity index (χ0n) is 16.3. The molecule has 7 heteroatoms. The van der Waals surface area contributed by atoms with Crippen LogP contribution in [0.15, 0.2) is 54.7 Å². The van der Waals surface area contributed by atoms with E-state index in [0.29, 0.717) is 6.04 Å². The zero-order chi connectivity index (χ0) is 19.6. The summed E-state index contributed by atoms with van der Waals surface area (Å²) in [6, 6.07) is 16.3. The number of hydrogen-bond donors (Lipinski definition) is 2. The molecule has 3 heterocycles. The number of nitrogens with zero attached hydrogens (tertiary/aromatic N) is 3. The van der Waals surface area contributed by atoms with E-state index < -0.39 is 0 Å². The summed E-state index contributed by atoms with van der Waals surface area (Å²) in [4.78, 5) is 10.4. The molecule has 2 N–H and O–H groups in total. The predicted octanol–water partition coefficient (Wildman–Crippen LogP) is 3.97. The van der Waals surface area contributed by atoms with Crippen molar-refractivity contribution in [1.82, 2.24) is 25.1 Å². The Balaban J connectivity index is 1.29. The lowest BCUT2D eigenvalue weighted by molar-refractivity contribution is 0.155.